The zero-order valence-corrected chi connectivity index (χ0v) is 26.3. The lowest BCUT2D eigenvalue weighted by Gasteiger charge is -2.28. The summed E-state index contributed by atoms with van der Waals surface area (Å²) in [5.74, 6) is 1.99. The van der Waals surface area contributed by atoms with Crippen LogP contribution in [-0.2, 0) is 5.41 Å². The number of H-pyrrole nitrogens is 1. The number of hydrogen-bond donors (Lipinski definition) is 1. The maximum absolute atomic E-state index is 5.01. The summed E-state index contributed by atoms with van der Waals surface area (Å²) in [5, 5.41) is 2.54. The zero-order chi connectivity index (χ0) is 31.5. The number of hydrogen-bond acceptors (Lipinski definition) is 3. The van der Waals surface area contributed by atoms with Gasteiger partial charge in [0.2, 0.25) is 0 Å². The minimum absolute atomic E-state index is 0.142. The fraction of sp³-hybridized carbons (Fsp3) is 0.0930. The summed E-state index contributed by atoms with van der Waals surface area (Å²) in [6.45, 7) is 4.71. The van der Waals surface area contributed by atoms with Crippen molar-refractivity contribution in [3.05, 3.63) is 151 Å². The van der Waals surface area contributed by atoms with E-state index in [1.807, 2.05) is 60.7 Å². The molecule has 8 aromatic rings. The number of fused-ring (bicyclic) bond motifs is 6. The Morgan fingerprint density at radius 2 is 1.06 bits per heavy atom. The molecular formula is C43H32N4. The van der Waals surface area contributed by atoms with E-state index in [1.54, 1.807) is 0 Å². The average Bonchev–Trinajstić information content (AvgIpc) is 3.63. The van der Waals surface area contributed by atoms with Gasteiger partial charge in [0.15, 0.2) is 17.5 Å². The highest BCUT2D eigenvalue weighted by Crippen LogP contribution is 2.55. The van der Waals surface area contributed by atoms with Crippen molar-refractivity contribution < 1.29 is 0 Å². The van der Waals surface area contributed by atoms with Gasteiger partial charge in [-0.15, -0.1) is 0 Å². The summed E-state index contributed by atoms with van der Waals surface area (Å²) < 4.78 is 0. The molecule has 0 amide bonds. The molecule has 2 aromatic heterocycles. The Hall–Kier alpha value is -5.87. The zero-order valence-electron chi connectivity index (χ0n) is 26.3. The van der Waals surface area contributed by atoms with Crippen molar-refractivity contribution >= 4 is 21.8 Å². The Morgan fingerprint density at radius 1 is 0.489 bits per heavy atom. The average molecular weight is 605 g/mol. The lowest BCUT2D eigenvalue weighted by Crippen LogP contribution is -2.20. The maximum Gasteiger partial charge on any atom is 0.164 e. The van der Waals surface area contributed by atoms with Gasteiger partial charge >= 0.3 is 0 Å². The molecule has 1 atom stereocenters. The fourth-order valence-electron chi connectivity index (χ4n) is 7.45. The Kier molecular flexibility index (Phi) is 6.19. The Bertz CT molecular complexity index is 2400. The first-order valence-electron chi connectivity index (χ1n) is 16.3. The van der Waals surface area contributed by atoms with Gasteiger partial charge in [0.05, 0.1) is 0 Å². The van der Waals surface area contributed by atoms with Crippen LogP contribution in [-0.4, -0.2) is 19.9 Å². The van der Waals surface area contributed by atoms with Crippen molar-refractivity contribution in [2.24, 2.45) is 0 Å². The third-order valence-corrected chi connectivity index (χ3v) is 9.98. The normalized spacial score (nSPS) is 15.2. The Labute approximate surface area is 273 Å². The maximum atomic E-state index is 5.01. The molecule has 1 aliphatic carbocycles. The minimum atomic E-state index is -0.142. The number of nitrogens with one attached hydrogen (secondary N) is 1. The first-order chi connectivity index (χ1) is 23.1. The summed E-state index contributed by atoms with van der Waals surface area (Å²) in [6.07, 6.45) is 0.990. The summed E-state index contributed by atoms with van der Waals surface area (Å²) in [6, 6.07) is 49.1. The van der Waals surface area contributed by atoms with Crippen LogP contribution < -0.4 is 0 Å². The standard InChI is InChI=1S/C43H32N4/c1-3-43(2)36-26-38-35(32-20-10-11-23-37(32)44-38)25-34(36)33-22-13-21-31(39(33)43)29-18-12-19-30(24-29)42-46-40(27-14-6-4-7-15-27)45-41(47-42)28-16-8-5-9-17-28/h4-26,44H,3H2,1-2H3. The van der Waals surface area contributed by atoms with Crippen LogP contribution in [0.3, 0.4) is 0 Å². The van der Waals surface area contributed by atoms with Gasteiger partial charge in [-0.1, -0.05) is 129 Å². The number of para-hydroxylation sites is 1. The summed E-state index contributed by atoms with van der Waals surface area (Å²) in [4.78, 5) is 18.6. The molecule has 1 unspecified atom stereocenters. The second-order valence-corrected chi connectivity index (χ2v) is 12.6. The molecular weight excluding hydrogens is 573 g/mol. The first-order valence-corrected chi connectivity index (χ1v) is 16.3. The van der Waals surface area contributed by atoms with Gasteiger partial charge in [0.25, 0.3) is 0 Å². The molecule has 0 saturated carbocycles. The van der Waals surface area contributed by atoms with Crippen molar-refractivity contribution in [3.63, 3.8) is 0 Å². The first kappa shape index (κ1) is 27.4. The van der Waals surface area contributed by atoms with E-state index in [0.29, 0.717) is 17.5 Å². The van der Waals surface area contributed by atoms with Crippen LogP contribution >= 0.6 is 0 Å². The van der Waals surface area contributed by atoms with Crippen LogP contribution in [0, 0.1) is 0 Å². The second-order valence-electron chi connectivity index (χ2n) is 12.6. The van der Waals surface area contributed by atoms with E-state index in [0.717, 1.165) is 28.7 Å². The van der Waals surface area contributed by atoms with Gasteiger partial charge in [-0.3, -0.25) is 0 Å². The molecule has 1 aliphatic rings. The Morgan fingerprint density at radius 3 is 1.77 bits per heavy atom. The van der Waals surface area contributed by atoms with E-state index in [4.69, 9.17) is 15.0 Å². The van der Waals surface area contributed by atoms with Gasteiger partial charge in [-0.25, -0.2) is 15.0 Å². The highest BCUT2D eigenvalue weighted by Gasteiger charge is 2.40. The van der Waals surface area contributed by atoms with E-state index < -0.39 is 0 Å². The van der Waals surface area contributed by atoms with Crippen molar-refractivity contribution in [3.8, 4) is 56.4 Å². The lowest BCUT2D eigenvalue weighted by atomic mass is 9.75. The molecule has 2 heterocycles. The van der Waals surface area contributed by atoms with Gasteiger partial charge in [0.1, 0.15) is 0 Å². The molecule has 4 nitrogen and oxygen atoms in total. The van der Waals surface area contributed by atoms with Gasteiger partial charge < -0.3 is 4.98 Å². The van der Waals surface area contributed by atoms with Crippen molar-refractivity contribution in [1.82, 2.24) is 19.9 Å². The lowest BCUT2D eigenvalue weighted by molar-refractivity contribution is 0.566. The predicted molar refractivity (Wildman–Crippen MR) is 193 cm³/mol. The molecule has 47 heavy (non-hydrogen) atoms. The minimum Gasteiger partial charge on any atom is -0.355 e. The van der Waals surface area contributed by atoms with Crippen molar-refractivity contribution in [1.29, 1.82) is 0 Å². The number of rotatable bonds is 5. The van der Waals surface area contributed by atoms with E-state index in [1.165, 1.54) is 49.6 Å². The van der Waals surface area contributed by atoms with E-state index >= 15 is 0 Å². The quantitative estimate of drug-likeness (QED) is 0.213. The molecule has 0 bridgehead atoms. The van der Waals surface area contributed by atoms with Crippen molar-refractivity contribution in [2.45, 2.75) is 25.7 Å². The molecule has 0 saturated heterocycles. The second kappa shape index (κ2) is 10.6. The number of aromatic amines is 1. The molecule has 224 valence electrons. The highest BCUT2D eigenvalue weighted by molar-refractivity contribution is 6.10. The SMILES string of the molecule is CCC1(C)c2cc3[nH]c4ccccc4c3cc2-c2cccc(-c3cccc(-c4nc(-c5ccccc5)nc(-c5ccccc5)n4)c3)c21. The van der Waals surface area contributed by atoms with E-state index in [-0.39, 0.29) is 5.41 Å². The third-order valence-electron chi connectivity index (χ3n) is 9.98. The molecule has 1 N–H and O–H groups in total. The molecule has 0 fully saturated rings. The highest BCUT2D eigenvalue weighted by atomic mass is 15.0. The van der Waals surface area contributed by atoms with Crippen LogP contribution in [0.1, 0.15) is 31.4 Å². The van der Waals surface area contributed by atoms with Crippen LogP contribution in [0.25, 0.3) is 78.2 Å². The van der Waals surface area contributed by atoms with Crippen LogP contribution in [0.5, 0.6) is 0 Å². The van der Waals surface area contributed by atoms with Crippen LogP contribution in [0.4, 0.5) is 0 Å². The van der Waals surface area contributed by atoms with Gasteiger partial charge in [-0.2, -0.15) is 0 Å². The third kappa shape index (κ3) is 4.33. The monoisotopic (exact) mass is 604 g/mol. The van der Waals surface area contributed by atoms with Crippen LogP contribution in [0.15, 0.2) is 140 Å². The summed E-state index contributed by atoms with van der Waals surface area (Å²) >= 11 is 0. The van der Waals surface area contributed by atoms with E-state index in [9.17, 15) is 0 Å². The predicted octanol–water partition coefficient (Wildman–Crippen LogP) is 10.9. The molecule has 0 spiro atoms. The molecule has 6 aromatic carbocycles. The molecule has 0 radical (unpaired) electrons. The topological polar surface area (TPSA) is 54.5 Å². The number of benzene rings is 6. The number of aromatic nitrogens is 4. The largest absolute Gasteiger partial charge is 0.355 e. The Balaban J connectivity index is 1.21. The molecule has 4 heteroatoms. The molecule has 0 aliphatic heterocycles. The smallest absolute Gasteiger partial charge is 0.164 e. The fourth-order valence-corrected chi connectivity index (χ4v) is 7.45. The summed E-state index contributed by atoms with van der Waals surface area (Å²) in [5.41, 5.74) is 12.9. The molecule has 9 rings (SSSR count). The van der Waals surface area contributed by atoms with E-state index in [2.05, 4.69) is 97.7 Å². The van der Waals surface area contributed by atoms with Gasteiger partial charge in [0, 0.05) is 43.9 Å². The number of nitrogens with zero attached hydrogens (tertiary/aromatic N) is 3. The van der Waals surface area contributed by atoms with Gasteiger partial charge in [-0.05, 0) is 64.1 Å². The van der Waals surface area contributed by atoms with Crippen LogP contribution in [0.2, 0.25) is 0 Å². The summed E-state index contributed by atoms with van der Waals surface area (Å²) in [7, 11) is 0. The van der Waals surface area contributed by atoms with Crippen molar-refractivity contribution in [2.75, 3.05) is 0 Å².